The van der Waals surface area contributed by atoms with Gasteiger partial charge in [-0.2, -0.15) is 0 Å². The predicted octanol–water partition coefficient (Wildman–Crippen LogP) is 3.32. The van der Waals surface area contributed by atoms with Crippen molar-refractivity contribution < 1.29 is 27.1 Å². The zero-order valence-corrected chi connectivity index (χ0v) is 18.2. The van der Waals surface area contributed by atoms with Crippen LogP contribution in [0.25, 0.3) is 0 Å². The highest BCUT2D eigenvalue weighted by Gasteiger charge is 2.17. The van der Waals surface area contributed by atoms with E-state index < -0.39 is 21.7 Å². The molecular weight excluding hydrogens is 435 g/mol. The van der Waals surface area contributed by atoms with Crippen molar-refractivity contribution in [2.24, 2.45) is 0 Å². The number of hydrogen-bond donors (Lipinski definition) is 1. The largest absolute Gasteiger partial charge is 0.484 e. The van der Waals surface area contributed by atoms with Crippen LogP contribution in [0.5, 0.6) is 5.75 Å². The highest BCUT2D eigenvalue weighted by molar-refractivity contribution is 7.89. The van der Waals surface area contributed by atoms with E-state index in [1.807, 2.05) is 0 Å². The van der Waals surface area contributed by atoms with Gasteiger partial charge in [-0.05, 0) is 72.8 Å². The molecule has 0 heterocycles. The van der Waals surface area contributed by atoms with Crippen molar-refractivity contribution >= 4 is 27.4 Å². The molecule has 7 nitrogen and oxygen atoms in total. The number of halogens is 1. The number of anilines is 1. The number of nitrogens with zero attached hydrogens (tertiary/aromatic N) is 1. The van der Waals surface area contributed by atoms with E-state index in [-0.39, 0.29) is 17.3 Å². The van der Waals surface area contributed by atoms with Gasteiger partial charge in [0.25, 0.3) is 5.91 Å². The summed E-state index contributed by atoms with van der Waals surface area (Å²) >= 11 is 0. The van der Waals surface area contributed by atoms with Gasteiger partial charge in [0.1, 0.15) is 11.6 Å². The molecule has 0 unspecified atom stereocenters. The molecule has 1 N–H and O–H groups in total. The minimum atomic E-state index is -3.54. The number of rotatable bonds is 8. The third-order valence-corrected chi connectivity index (χ3v) is 6.34. The maximum absolute atomic E-state index is 13.0. The van der Waals surface area contributed by atoms with E-state index in [1.54, 1.807) is 24.3 Å². The van der Waals surface area contributed by atoms with Crippen LogP contribution in [-0.2, 0) is 14.8 Å². The Bertz CT molecular complexity index is 1210. The summed E-state index contributed by atoms with van der Waals surface area (Å²) in [5.74, 6) is -0.713. The molecule has 0 saturated carbocycles. The molecule has 0 aliphatic carbocycles. The maximum atomic E-state index is 13.0. The fraction of sp³-hybridized carbons (Fsp3) is 0.130. The van der Waals surface area contributed by atoms with E-state index in [2.05, 4.69) is 5.32 Å². The quantitative estimate of drug-likeness (QED) is 0.525. The summed E-state index contributed by atoms with van der Waals surface area (Å²) in [6.07, 6.45) is 0. The lowest BCUT2D eigenvalue weighted by molar-refractivity contribution is -0.118. The van der Waals surface area contributed by atoms with Gasteiger partial charge in [-0.15, -0.1) is 0 Å². The molecule has 0 fully saturated rings. The average Bonchev–Trinajstić information content (AvgIpc) is 2.78. The van der Waals surface area contributed by atoms with E-state index in [0.717, 1.165) is 4.31 Å². The van der Waals surface area contributed by atoms with Crippen molar-refractivity contribution in [1.29, 1.82) is 0 Å². The standard InChI is InChI=1S/C23H21FN2O5S/c1-26(2)32(29,30)21-13-9-19(10-14-21)25-22(27)15-31-20-11-5-17(6-12-20)23(28)16-3-7-18(24)8-4-16/h3-14H,15H2,1-2H3,(H,25,27). The molecule has 0 atom stereocenters. The number of ketones is 1. The maximum Gasteiger partial charge on any atom is 0.262 e. The Morgan fingerprint density at radius 3 is 1.94 bits per heavy atom. The summed E-state index contributed by atoms with van der Waals surface area (Å²) in [6.45, 7) is -0.275. The predicted molar refractivity (Wildman–Crippen MR) is 118 cm³/mol. The first-order valence-corrected chi connectivity index (χ1v) is 11.0. The van der Waals surface area contributed by atoms with Gasteiger partial charge in [0.05, 0.1) is 4.90 Å². The smallest absolute Gasteiger partial charge is 0.262 e. The fourth-order valence-corrected chi connectivity index (χ4v) is 3.64. The van der Waals surface area contributed by atoms with E-state index in [0.29, 0.717) is 22.6 Å². The third-order valence-electron chi connectivity index (χ3n) is 4.51. The molecule has 0 radical (unpaired) electrons. The Morgan fingerprint density at radius 1 is 0.875 bits per heavy atom. The van der Waals surface area contributed by atoms with Gasteiger partial charge >= 0.3 is 0 Å². The summed E-state index contributed by atoms with van der Waals surface area (Å²) in [5, 5.41) is 2.62. The van der Waals surface area contributed by atoms with Crippen molar-refractivity contribution in [2.45, 2.75) is 4.90 Å². The minimum absolute atomic E-state index is 0.118. The van der Waals surface area contributed by atoms with Crippen molar-refractivity contribution in [3.8, 4) is 5.75 Å². The molecule has 166 valence electrons. The van der Waals surface area contributed by atoms with Gasteiger partial charge < -0.3 is 10.1 Å². The number of amides is 1. The summed E-state index contributed by atoms with van der Waals surface area (Å²) in [5.41, 5.74) is 1.20. The van der Waals surface area contributed by atoms with Crippen LogP contribution in [0.3, 0.4) is 0 Å². The molecule has 0 aliphatic rings. The molecule has 9 heteroatoms. The number of carbonyl (C=O) groups is 2. The topological polar surface area (TPSA) is 92.8 Å². The normalized spacial score (nSPS) is 11.2. The molecule has 0 bridgehead atoms. The second-order valence-corrected chi connectivity index (χ2v) is 9.16. The first-order chi connectivity index (χ1) is 15.2. The fourth-order valence-electron chi connectivity index (χ4n) is 2.74. The average molecular weight is 456 g/mol. The second kappa shape index (κ2) is 9.71. The molecule has 1 amide bonds. The summed E-state index contributed by atoms with van der Waals surface area (Å²) in [7, 11) is -0.666. The Labute approximate surface area is 185 Å². The minimum Gasteiger partial charge on any atom is -0.484 e. The molecular formula is C23H21FN2O5S. The molecule has 3 aromatic rings. The molecule has 0 aromatic heterocycles. The van der Waals surface area contributed by atoms with Gasteiger partial charge in [-0.25, -0.2) is 17.1 Å². The number of sulfonamides is 1. The van der Waals surface area contributed by atoms with E-state index in [4.69, 9.17) is 4.74 Å². The third kappa shape index (κ3) is 5.57. The highest BCUT2D eigenvalue weighted by Crippen LogP contribution is 2.18. The number of carbonyl (C=O) groups excluding carboxylic acids is 2. The van der Waals surface area contributed by atoms with E-state index >= 15 is 0 Å². The molecule has 3 aromatic carbocycles. The SMILES string of the molecule is CN(C)S(=O)(=O)c1ccc(NC(=O)COc2ccc(C(=O)c3ccc(F)cc3)cc2)cc1. The second-order valence-electron chi connectivity index (χ2n) is 7.01. The van der Waals surface area contributed by atoms with Crippen LogP contribution in [0, 0.1) is 5.82 Å². The van der Waals surface area contributed by atoms with Gasteiger partial charge in [0.15, 0.2) is 12.4 Å². The monoisotopic (exact) mass is 456 g/mol. The zero-order chi connectivity index (χ0) is 23.3. The molecule has 32 heavy (non-hydrogen) atoms. The van der Waals surface area contributed by atoms with Crippen LogP contribution < -0.4 is 10.1 Å². The lowest BCUT2D eigenvalue weighted by Gasteiger charge is -2.12. The van der Waals surface area contributed by atoms with Crippen LogP contribution in [0.2, 0.25) is 0 Å². The summed E-state index contributed by atoms with van der Waals surface area (Å²) in [4.78, 5) is 24.6. The molecule has 3 rings (SSSR count). The van der Waals surface area contributed by atoms with Crippen LogP contribution in [0.15, 0.2) is 77.7 Å². The van der Waals surface area contributed by atoms with Crippen LogP contribution in [-0.4, -0.2) is 45.1 Å². The van der Waals surface area contributed by atoms with Crippen LogP contribution in [0.1, 0.15) is 15.9 Å². The summed E-state index contributed by atoms with van der Waals surface area (Å²) < 4.78 is 43.7. The van der Waals surface area contributed by atoms with Crippen molar-refractivity contribution in [1.82, 2.24) is 4.31 Å². The number of ether oxygens (including phenoxy) is 1. The first-order valence-electron chi connectivity index (χ1n) is 9.52. The van der Waals surface area contributed by atoms with Crippen molar-refractivity contribution in [3.63, 3.8) is 0 Å². The van der Waals surface area contributed by atoms with Crippen molar-refractivity contribution in [3.05, 3.63) is 89.7 Å². The van der Waals surface area contributed by atoms with Gasteiger partial charge in [0, 0.05) is 30.9 Å². The summed E-state index contributed by atoms with van der Waals surface area (Å²) in [6, 6.07) is 17.3. The number of hydrogen-bond acceptors (Lipinski definition) is 5. The zero-order valence-electron chi connectivity index (χ0n) is 17.4. The number of nitrogens with one attached hydrogen (secondary N) is 1. The molecule has 0 saturated heterocycles. The molecule has 0 spiro atoms. The highest BCUT2D eigenvalue weighted by atomic mass is 32.2. The first kappa shape index (κ1) is 23.1. The Balaban J connectivity index is 1.55. The molecule has 0 aliphatic heterocycles. The van der Waals surface area contributed by atoms with Gasteiger partial charge in [-0.3, -0.25) is 9.59 Å². The van der Waals surface area contributed by atoms with Crippen LogP contribution in [0.4, 0.5) is 10.1 Å². The van der Waals surface area contributed by atoms with Crippen molar-refractivity contribution in [2.75, 3.05) is 26.0 Å². The van der Waals surface area contributed by atoms with Crippen LogP contribution >= 0.6 is 0 Å². The van der Waals surface area contributed by atoms with Gasteiger partial charge in [-0.1, -0.05) is 0 Å². The number of benzene rings is 3. The van der Waals surface area contributed by atoms with E-state index in [9.17, 15) is 22.4 Å². The Hall–Kier alpha value is -3.56. The van der Waals surface area contributed by atoms with Gasteiger partial charge in [0.2, 0.25) is 10.0 Å². The Morgan fingerprint density at radius 2 is 1.41 bits per heavy atom. The lowest BCUT2D eigenvalue weighted by Crippen LogP contribution is -2.22. The van der Waals surface area contributed by atoms with E-state index in [1.165, 1.54) is 62.6 Å². The Kier molecular flexibility index (Phi) is 7.01. The lowest BCUT2D eigenvalue weighted by atomic mass is 10.0.